The Balaban J connectivity index is 0.000000354. The average molecular weight is 236 g/mol. The third-order valence-corrected chi connectivity index (χ3v) is 4.63. The van der Waals surface area contributed by atoms with Crippen LogP contribution in [0.3, 0.4) is 0 Å². The molecule has 0 heterocycles. The molecule has 0 saturated heterocycles. The summed E-state index contributed by atoms with van der Waals surface area (Å²) in [5, 5.41) is 1.43. The van der Waals surface area contributed by atoms with Crippen molar-refractivity contribution in [3.05, 3.63) is 30.3 Å². The van der Waals surface area contributed by atoms with Crippen molar-refractivity contribution in [2.24, 2.45) is 0 Å². The van der Waals surface area contributed by atoms with Gasteiger partial charge >= 0.3 is 72.2 Å². The molecule has 0 aliphatic heterocycles. The summed E-state index contributed by atoms with van der Waals surface area (Å²) in [6.07, 6.45) is 0. The van der Waals surface area contributed by atoms with E-state index in [4.69, 9.17) is 9.46 Å². The fraction of sp³-hybridized carbons (Fsp3) is 0.250. The minimum absolute atomic E-state index is 0.290. The standard InChI is InChI=1S/C6H5.C2H5.HO2P.Zn/c1-2-4-6-5-3-1;1-2;1-3-2;/h1-5H;1H2,2H3;(H,1,2);. The van der Waals surface area contributed by atoms with E-state index < -0.39 is 8.69 Å². The summed E-state index contributed by atoms with van der Waals surface area (Å²) >= 11 is -0.290. The summed E-state index contributed by atoms with van der Waals surface area (Å²) in [6.45, 7) is 2.28. The molecule has 0 aliphatic rings. The Labute approximate surface area is 81.9 Å². The van der Waals surface area contributed by atoms with Crippen LogP contribution in [0.25, 0.3) is 0 Å². The summed E-state index contributed by atoms with van der Waals surface area (Å²) in [5.74, 6) is 0. The van der Waals surface area contributed by atoms with Crippen molar-refractivity contribution < 1.29 is 26.6 Å². The average Bonchev–Trinajstić information content (AvgIpc) is 2.08. The van der Waals surface area contributed by atoms with Gasteiger partial charge in [0, 0.05) is 0 Å². The van der Waals surface area contributed by atoms with Crippen molar-refractivity contribution in [1.29, 1.82) is 0 Å². The van der Waals surface area contributed by atoms with Crippen LogP contribution < -0.4 is 4.16 Å². The number of rotatable bonds is 2. The monoisotopic (exact) mass is 234 g/mol. The van der Waals surface area contributed by atoms with E-state index in [9.17, 15) is 0 Å². The van der Waals surface area contributed by atoms with Crippen LogP contribution in [0.15, 0.2) is 30.3 Å². The molecular formula is C8H11O2PZn. The van der Waals surface area contributed by atoms with E-state index in [1.165, 1.54) is 5.02 Å². The topological polar surface area (TPSA) is 37.3 Å². The van der Waals surface area contributed by atoms with E-state index in [0.717, 1.165) is 0 Å². The van der Waals surface area contributed by atoms with Gasteiger partial charge in [-0.25, -0.2) is 4.57 Å². The summed E-state index contributed by atoms with van der Waals surface area (Å²) in [6, 6.07) is 10.9. The van der Waals surface area contributed by atoms with Gasteiger partial charge in [-0.1, -0.05) is 0 Å². The number of hydrogen-bond acceptors (Lipinski definition) is 1. The number of hydrogen-bond donors (Lipinski definition) is 1. The zero-order chi connectivity index (χ0) is 9.23. The largest absolute Gasteiger partial charge is 0.324 e. The Morgan fingerprint density at radius 1 is 1.42 bits per heavy atom. The first kappa shape index (κ1) is 11.9. The Morgan fingerprint density at radius 2 is 1.92 bits per heavy atom. The Hall–Kier alpha value is -0.0966. The minimum atomic E-state index is -0.833. The Bertz CT molecular complexity index is 203. The van der Waals surface area contributed by atoms with Gasteiger partial charge in [0.15, 0.2) is 0 Å². The number of benzene rings is 1. The van der Waals surface area contributed by atoms with E-state index in [-0.39, 0.29) is 17.1 Å². The second-order valence-corrected chi connectivity index (χ2v) is 7.34. The second-order valence-electron chi connectivity index (χ2n) is 2.32. The maximum atomic E-state index is 8.46. The van der Waals surface area contributed by atoms with E-state index in [2.05, 4.69) is 37.3 Å². The van der Waals surface area contributed by atoms with Gasteiger partial charge in [-0.2, -0.15) is 0 Å². The Kier molecular flexibility index (Phi) is 8.92. The predicted molar refractivity (Wildman–Crippen MR) is 46.4 cm³/mol. The smallest absolute Gasteiger partial charge is 0.310 e. The summed E-state index contributed by atoms with van der Waals surface area (Å²) in [5.41, 5.74) is 0. The quantitative estimate of drug-likeness (QED) is 0.629. The van der Waals surface area contributed by atoms with E-state index >= 15 is 0 Å². The normalized spacial score (nSPS) is 8.17. The zero-order valence-electron chi connectivity index (χ0n) is 7.10. The van der Waals surface area contributed by atoms with E-state index in [1.54, 1.807) is 4.16 Å². The first-order chi connectivity index (χ1) is 5.85. The molecule has 1 N–H and O–H groups in total. The van der Waals surface area contributed by atoms with Gasteiger partial charge in [-0.3, -0.25) is 0 Å². The maximum absolute atomic E-state index is 8.46. The van der Waals surface area contributed by atoms with Crippen LogP contribution in [0.4, 0.5) is 0 Å². The molecule has 0 saturated carbocycles. The third-order valence-electron chi connectivity index (χ3n) is 1.38. The van der Waals surface area contributed by atoms with Gasteiger partial charge in [0.25, 0.3) is 0 Å². The molecule has 0 fully saturated rings. The van der Waals surface area contributed by atoms with Gasteiger partial charge in [-0.05, 0) is 0 Å². The molecule has 1 aromatic carbocycles. The summed E-state index contributed by atoms with van der Waals surface area (Å²) < 4.78 is 10.1. The van der Waals surface area contributed by atoms with Crippen molar-refractivity contribution in [2.45, 2.75) is 11.9 Å². The first-order valence-electron chi connectivity index (χ1n) is 3.85. The van der Waals surface area contributed by atoms with Gasteiger partial charge in [0.1, 0.15) is 0 Å². The van der Waals surface area contributed by atoms with Crippen LogP contribution in [-0.2, 0) is 21.7 Å². The second kappa shape index (κ2) is 9.00. The van der Waals surface area contributed by atoms with Crippen molar-refractivity contribution in [1.82, 2.24) is 0 Å². The van der Waals surface area contributed by atoms with Crippen LogP contribution in [-0.4, -0.2) is 4.89 Å². The fourth-order valence-electron chi connectivity index (χ4n) is 0.933. The molecule has 0 radical (unpaired) electrons. The van der Waals surface area contributed by atoms with E-state index in [0.29, 0.717) is 0 Å². The molecule has 0 bridgehead atoms. The van der Waals surface area contributed by atoms with Crippen LogP contribution in [0.5, 0.6) is 0 Å². The molecule has 1 rings (SSSR count). The first-order valence-corrected chi connectivity index (χ1v) is 8.20. The molecule has 12 heavy (non-hydrogen) atoms. The molecule has 2 nitrogen and oxygen atoms in total. The van der Waals surface area contributed by atoms with Crippen molar-refractivity contribution >= 4 is 12.8 Å². The SMILES string of the molecule is C[CH2][Zn][c]1ccccc1.O=PO. The predicted octanol–water partition coefficient (Wildman–Crippen LogP) is 2.02. The molecule has 0 atom stereocenters. The van der Waals surface area contributed by atoms with Gasteiger partial charge in [-0.15, -0.1) is 0 Å². The molecule has 0 aromatic heterocycles. The van der Waals surface area contributed by atoms with E-state index in [1.807, 2.05) is 0 Å². The molecule has 0 unspecified atom stereocenters. The van der Waals surface area contributed by atoms with Gasteiger partial charge in [0.05, 0.1) is 0 Å². The maximum Gasteiger partial charge on any atom is 0.324 e. The van der Waals surface area contributed by atoms with Crippen LogP contribution in [0, 0.1) is 0 Å². The van der Waals surface area contributed by atoms with Gasteiger partial charge < -0.3 is 4.89 Å². The molecule has 0 amide bonds. The molecule has 1 aromatic rings. The zero-order valence-corrected chi connectivity index (χ0v) is 11.0. The van der Waals surface area contributed by atoms with Crippen molar-refractivity contribution in [3.8, 4) is 0 Å². The molecule has 62 valence electrons. The van der Waals surface area contributed by atoms with Crippen LogP contribution in [0.2, 0.25) is 5.02 Å². The molecule has 4 heteroatoms. The summed E-state index contributed by atoms with van der Waals surface area (Å²) in [7, 11) is -0.833. The Morgan fingerprint density at radius 3 is 2.33 bits per heavy atom. The van der Waals surface area contributed by atoms with Crippen LogP contribution in [0.1, 0.15) is 6.92 Å². The molecule has 0 spiro atoms. The van der Waals surface area contributed by atoms with Crippen molar-refractivity contribution in [3.63, 3.8) is 0 Å². The molecular weight excluding hydrogens is 224 g/mol. The van der Waals surface area contributed by atoms with Crippen LogP contribution >= 0.6 is 8.69 Å². The van der Waals surface area contributed by atoms with Crippen molar-refractivity contribution in [2.75, 3.05) is 0 Å². The third kappa shape index (κ3) is 6.60. The fourth-order valence-corrected chi connectivity index (χ4v) is 3.42. The molecule has 0 aliphatic carbocycles. The van der Waals surface area contributed by atoms with Gasteiger partial charge in [0.2, 0.25) is 0 Å². The summed E-state index contributed by atoms with van der Waals surface area (Å²) in [4.78, 5) is 6.99. The minimum Gasteiger partial charge on any atom is -0.310 e.